The molecule has 8 amide bonds. The third-order valence-corrected chi connectivity index (χ3v) is 16.8. The van der Waals surface area contributed by atoms with Crippen molar-refractivity contribution < 1.29 is 67.9 Å². The van der Waals surface area contributed by atoms with Crippen molar-refractivity contribution in [3.05, 3.63) is 0 Å². The quantitative estimate of drug-likeness (QED) is 0.0389. The van der Waals surface area contributed by atoms with Gasteiger partial charge in [-0.25, -0.2) is 0 Å². The normalized spacial score (nSPS) is 20.8. The maximum Gasteiger partial charge on any atom is 0.223 e. The van der Waals surface area contributed by atoms with Gasteiger partial charge in [-0.2, -0.15) is 0 Å². The van der Waals surface area contributed by atoms with Crippen molar-refractivity contribution in [2.24, 2.45) is 41.4 Å². The number of aliphatic hydroxyl groups excluding tert-OH is 3. The number of hydrogen-bond donors (Lipinski definition) is 11. The standard InChI is InChI=1S/C58H108N8O14S/c1-13-37(6)28-59-49(71)21-24-58(25-22-50(72)61-31-41(10)81-36-64-47(69)17-5,66-52(74)20-18-19-48(70)60-29-40(9)45(16-4)35-78-12)26-23-51(73)62-32-44(15-3)39(8)30-63-56(77)43(14-2)27-38(7)34-79-57-53(65-42(11)68)55(76)54(75)46(33-67)80-57/h37-41,43-46,53-55,57,67,75-76H,13-36H2,1-12H3,(H,59,71)(H,60,70)(H,61,72)(H,62,73)(H,63,77)(H,64,69)(H,65,68)(H,66,74). The first-order chi connectivity index (χ1) is 38.4. The van der Waals surface area contributed by atoms with Crippen molar-refractivity contribution in [1.82, 2.24) is 42.5 Å². The maximum absolute atomic E-state index is 13.9. The van der Waals surface area contributed by atoms with Gasteiger partial charge >= 0.3 is 0 Å². The minimum atomic E-state index is -1.44. The van der Waals surface area contributed by atoms with E-state index in [0.29, 0.717) is 76.8 Å². The minimum absolute atomic E-state index is 0.00610. The molecule has 1 aliphatic rings. The summed E-state index contributed by atoms with van der Waals surface area (Å²) in [5.41, 5.74) is -1.15. The van der Waals surface area contributed by atoms with Crippen LogP contribution in [-0.4, -0.2) is 170 Å². The largest absolute Gasteiger partial charge is 0.394 e. The molecule has 0 bridgehead atoms. The number of ether oxygens (including phenoxy) is 3. The van der Waals surface area contributed by atoms with Crippen LogP contribution in [-0.2, 0) is 52.6 Å². The lowest BCUT2D eigenvalue weighted by molar-refractivity contribution is -0.272. The lowest BCUT2D eigenvalue weighted by Crippen LogP contribution is -2.64. The summed E-state index contributed by atoms with van der Waals surface area (Å²) in [7, 11) is 1.66. The van der Waals surface area contributed by atoms with Crippen LogP contribution in [0, 0.1) is 41.4 Å². The van der Waals surface area contributed by atoms with Crippen molar-refractivity contribution in [2.75, 3.05) is 65.5 Å². The summed E-state index contributed by atoms with van der Waals surface area (Å²) in [6.45, 7) is 23.1. The molecular formula is C58H108N8O14S. The highest BCUT2D eigenvalue weighted by Crippen LogP contribution is 2.28. The molecule has 22 nitrogen and oxygen atoms in total. The maximum atomic E-state index is 13.9. The van der Waals surface area contributed by atoms with E-state index < -0.39 is 48.7 Å². The summed E-state index contributed by atoms with van der Waals surface area (Å²) in [5, 5.41) is 54.3. The lowest BCUT2D eigenvalue weighted by Gasteiger charge is -2.42. The molecule has 1 saturated heterocycles. The third kappa shape index (κ3) is 30.8. The number of carbonyl (C=O) groups excluding carboxylic acids is 8. The van der Waals surface area contributed by atoms with E-state index in [1.54, 1.807) is 14.0 Å². The molecule has 1 heterocycles. The SMILES string of the molecule is CCC(=O)NCSC(C)CNC(=O)CCC(CCC(=O)NCC(C)CC)(CCC(=O)NCC(CC)C(C)CNC(=O)C(CC)CC(C)COC1OC(CO)C(O)C(O)C1NC(C)=O)NC(=O)CCCC(=O)NCC(C)C(CC)COC. The molecule has 0 aromatic carbocycles. The van der Waals surface area contributed by atoms with E-state index >= 15 is 0 Å². The molecule has 0 saturated carbocycles. The molecule has 1 fully saturated rings. The lowest BCUT2D eigenvalue weighted by atomic mass is 9.82. The van der Waals surface area contributed by atoms with E-state index in [-0.39, 0.29) is 147 Å². The van der Waals surface area contributed by atoms with Crippen LogP contribution < -0.4 is 42.5 Å². The van der Waals surface area contributed by atoms with Gasteiger partial charge in [-0.15, -0.1) is 11.8 Å². The van der Waals surface area contributed by atoms with Gasteiger partial charge in [0, 0.05) is 109 Å². The van der Waals surface area contributed by atoms with Crippen molar-refractivity contribution in [1.29, 1.82) is 0 Å². The van der Waals surface area contributed by atoms with Gasteiger partial charge in [0.1, 0.15) is 24.4 Å². The minimum Gasteiger partial charge on any atom is -0.394 e. The molecule has 0 aliphatic carbocycles. The van der Waals surface area contributed by atoms with Crippen LogP contribution in [0.15, 0.2) is 0 Å². The molecule has 470 valence electrons. The van der Waals surface area contributed by atoms with Gasteiger partial charge in [0.2, 0.25) is 47.3 Å². The van der Waals surface area contributed by atoms with Gasteiger partial charge in [-0.05, 0) is 74.0 Å². The first-order valence-electron chi connectivity index (χ1n) is 30.0. The Morgan fingerprint density at radius 3 is 1.69 bits per heavy atom. The molecule has 23 heteroatoms. The van der Waals surface area contributed by atoms with Crippen LogP contribution in [0.1, 0.15) is 172 Å². The molecule has 81 heavy (non-hydrogen) atoms. The molecule has 1 aliphatic heterocycles. The number of thioether (sulfide) groups is 1. The average Bonchev–Trinajstić information content (AvgIpc) is 3.51. The van der Waals surface area contributed by atoms with Crippen LogP contribution >= 0.6 is 11.8 Å². The monoisotopic (exact) mass is 1170 g/mol. The zero-order valence-electron chi connectivity index (χ0n) is 51.2. The molecule has 11 N–H and O–H groups in total. The van der Waals surface area contributed by atoms with Gasteiger partial charge in [0.05, 0.1) is 19.1 Å². The highest BCUT2D eigenvalue weighted by Gasteiger charge is 2.45. The summed E-state index contributed by atoms with van der Waals surface area (Å²) < 4.78 is 17.0. The Bertz CT molecular complexity index is 1870. The number of aliphatic hydroxyl groups is 3. The van der Waals surface area contributed by atoms with E-state index in [4.69, 9.17) is 14.2 Å². The number of carbonyl (C=O) groups is 8. The second-order valence-electron chi connectivity index (χ2n) is 22.7. The van der Waals surface area contributed by atoms with Crippen LogP contribution in [0.4, 0.5) is 0 Å². The fourth-order valence-electron chi connectivity index (χ4n) is 9.67. The first kappa shape index (κ1) is 74.9. The summed E-state index contributed by atoms with van der Waals surface area (Å²) in [4.78, 5) is 105. The predicted octanol–water partition coefficient (Wildman–Crippen LogP) is 3.57. The van der Waals surface area contributed by atoms with Crippen LogP contribution in [0.25, 0.3) is 0 Å². The smallest absolute Gasteiger partial charge is 0.223 e. The molecule has 1 rings (SSSR count). The highest BCUT2D eigenvalue weighted by molar-refractivity contribution is 7.99. The molecular weight excluding hydrogens is 1060 g/mol. The van der Waals surface area contributed by atoms with Gasteiger partial charge in [0.25, 0.3) is 0 Å². The van der Waals surface area contributed by atoms with Crippen LogP contribution in [0.3, 0.4) is 0 Å². The van der Waals surface area contributed by atoms with E-state index in [1.165, 1.54) is 18.7 Å². The molecule has 14 atom stereocenters. The van der Waals surface area contributed by atoms with Crippen LogP contribution in [0.5, 0.6) is 0 Å². The van der Waals surface area contributed by atoms with Gasteiger partial charge in [-0.1, -0.05) is 88.5 Å². The Labute approximate surface area is 488 Å². The van der Waals surface area contributed by atoms with Crippen LogP contribution in [0.2, 0.25) is 0 Å². The molecule has 0 aromatic heterocycles. The van der Waals surface area contributed by atoms with Gasteiger partial charge in [-0.3, -0.25) is 38.4 Å². The third-order valence-electron chi connectivity index (χ3n) is 15.8. The molecule has 0 radical (unpaired) electrons. The Balaban J connectivity index is 3.17. The molecule has 0 aromatic rings. The Morgan fingerprint density at radius 2 is 1.15 bits per heavy atom. The number of rotatable bonds is 44. The number of hydrogen-bond acceptors (Lipinski definition) is 15. The van der Waals surface area contributed by atoms with Crippen molar-refractivity contribution in [2.45, 2.75) is 214 Å². The fraction of sp³-hybridized carbons (Fsp3) is 0.862. The zero-order chi connectivity index (χ0) is 61.1. The summed E-state index contributed by atoms with van der Waals surface area (Å²) in [5.74, 6) is -1.39. The van der Waals surface area contributed by atoms with Crippen molar-refractivity contribution in [3.8, 4) is 0 Å². The summed E-state index contributed by atoms with van der Waals surface area (Å²) in [6.07, 6.45) is -0.473. The van der Waals surface area contributed by atoms with E-state index in [1.807, 2.05) is 48.5 Å². The predicted molar refractivity (Wildman–Crippen MR) is 314 cm³/mol. The number of amides is 8. The van der Waals surface area contributed by atoms with Crippen molar-refractivity contribution >= 4 is 59.0 Å². The summed E-state index contributed by atoms with van der Waals surface area (Å²) in [6, 6.07) is -1.08. The first-order valence-corrected chi connectivity index (χ1v) is 31.0. The molecule has 14 unspecified atom stereocenters. The van der Waals surface area contributed by atoms with Gasteiger partial charge < -0.3 is 72.1 Å². The second kappa shape index (κ2) is 41.8. The number of nitrogens with one attached hydrogen (secondary N) is 8. The average molecular weight is 1170 g/mol. The number of methoxy groups -OCH3 is 1. The molecule has 0 spiro atoms. The van der Waals surface area contributed by atoms with Gasteiger partial charge in [0.15, 0.2) is 6.29 Å². The van der Waals surface area contributed by atoms with E-state index in [0.717, 1.165) is 12.8 Å². The Hall–Kier alpha value is -4.13. The summed E-state index contributed by atoms with van der Waals surface area (Å²) >= 11 is 1.49. The Kier molecular flexibility index (Phi) is 38.6. The van der Waals surface area contributed by atoms with E-state index in [9.17, 15) is 53.7 Å². The van der Waals surface area contributed by atoms with E-state index in [2.05, 4.69) is 56.4 Å². The van der Waals surface area contributed by atoms with Crippen molar-refractivity contribution in [3.63, 3.8) is 0 Å². The fourth-order valence-corrected chi connectivity index (χ4v) is 10.4. The second-order valence-corrected chi connectivity index (χ2v) is 24.1. The highest BCUT2D eigenvalue weighted by atomic mass is 32.2. The topological polar surface area (TPSA) is 321 Å². The zero-order valence-corrected chi connectivity index (χ0v) is 52.0. The Morgan fingerprint density at radius 1 is 0.605 bits per heavy atom.